The molecule has 0 radical (unpaired) electrons. The zero-order valence-corrected chi connectivity index (χ0v) is 35.9. The first-order valence-electron chi connectivity index (χ1n) is 23.4. The van der Waals surface area contributed by atoms with E-state index < -0.39 is 74.2 Å². The van der Waals surface area contributed by atoms with Gasteiger partial charge in [-0.05, 0) is 12.8 Å². The molecule has 1 aliphatic heterocycles. The van der Waals surface area contributed by atoms with Crippen molar-refractivity contribution in [3.05, 3.63) is 0 Å². The molecule has 0 bridgehead atoms. The minimum Gasteiger partial charge on any atom is -0.394 e. The van der Waals surface area contributed by atoms with Crippen molar-refractivity contribution in [1.29, 1.82) is 0 Å². The molecule has 9 atom stereocenters. The second-order valence-corrected chi connectivity index (χ2v) is 16.8. The van der Waals surface area contributed by atoms with Crippen LogP contribution < -0.4 is 5.32 Å². The van der Waals surface area contributed by atoms with E-state index in [1.54, 1.807) is 0 Å². The average molecular weight is 804 g/mol. The summed E-state index contributed by atoms with van der Waals surface area (Å²) >= 11 is 0. The predicted octanol–water partition coefficient (Wildman–Crippen LogP) is 7.50. The lowest BCUT2D eigenvalue weighted by Gasteiger charge is -2.40. The molecule has 9 unspecified atom stereocenters. The van der Waals surface area contributed by atoms with Crippen molar-refractivity contribution in [3.8, 4) is 0 Å². The largest absolute Gasteiger partial charge is 0.394 e. The first-order valence-corrected chi connectivity index (χ1v) is 23.4. The number of aliphatic hydroxyl groups is 7. The maximum atomic E-state index is 13.0. The number of rotatable bonds is 39. The van der Waals surface area contributed by atoms with Crippen LogP contribution in [-0.2, 0) is 14.3 Å². The summed E-state index contributed by atoms with van der Waals surface area (Å²) in [4.78, 5) is 13.0. The van der Waals surface area contributed by atoms with Crippen molar-refractivity contribution >= 4 is 5.91 Å². The van der Waals surface area contributed by atoms with E-state index in [9.17, 15) is 40.5 Å². The van der Waals surface area contributed by atoms with Gasteiger partial charge in [-0.3, -0.25) is 4.79 Å². The van der Waals surface area contributed by atoms with Crippen LogP contribution in [0.3, 0.4) is 0 Å². The molecule has 334 valence electrons. The van der Waals surface area contributed by atoms with Gasteiger partial charge in [-0.15, -0.1) is 0 Å². The van der Waals surface area contributed by atoms with Gasteiger partial charge >= 0.3 is 0 Å². The van der Waals surface area contributed by atoms with Crippen molar-refractivity contribution in [2.45, 2.75) is 268 Å². The molecular formula is C45H89NO10. The molecule has 11 nitrogen and oxygen atoms in total. The van der Waals surface area contributed by atoms with Crippen LogP contribution in [0.15, 0.2) is 0 Å². The van der Waals surface area contributed by atoms with Crippen molar-refractivity contribution in [2.75, 3.05) is 13.2 Å². The Labute approximate surface area is 341 Å². The van der Waals surface area contributed by atoms with Gasteiger partial charge < -0.3 is 50.5 Å². The monoisotopic (exact) mass is 804 g/mol. The first kappa shape index (κ1) is 53.1. The van der Waals surface area contributed by atoms with Gasteiger partial charge in [0.1, 0.15) is 36.6 Å². The van der Waals surface area contributed by atoms with Crippen molar-refractivity contribution < 1.29 is 50.0 Å². The molecule has 0 aromatic carbocycles. The molecule has 0 spiro atoms. The summed E-state index contributed by atoms with van der Waals surface area (Å²) in [6.45, 7) is 3.39. The lowest BCUT2D eigenvalue weighted by molar-refractivity contribution is -0.303. The number of carbonyl (C=O) groups is 1. The summed E-state index contributed by atoms with van der Waals surface area (Å²) in [6.07, 6.45) is 24.8. The number of amides is 1. The Morgan fingerprint density at radius 3 is 1.32 bits per heavy atom. The fourth-order valence-electron chi connectivity index (χ4n) is 7.74. The van der Waals surface area contributed by atoms with Gasteiger partial charge in [-0.2, -0.15) is 0 Å². The highest BCUT2D eigenvalue weighted by Gasteiger charge is 2.44. The van der Waals surface area contributed by atoms with Gasteiger partial charge in [0.15, 0.2) is 6.29 Å². The van der Waals surface area contributed by atoms with Crippen molar-refractivity contribution in [1.82, 2.24) is 5.32 Å². The summed E-state index contributed by atoms with van der Waals surface area (Å²) < 4.78 is 11.0. The van der Waals surface area contributed by atoms with Crippen LogP contribution in [0.2, 0.25) is 0 Å². The number of unbranched alkanes of at least 4 members (excludes halogenated alkanes) is 27. The molecule has 0 aromatic rings. The van der Waals surface area contributed by atoms with Gasteiger partial charge in [0.2, 0.25) is 5.91 Å². The maximum absolute atomic E-state index is 13.0. The summed E-state index contributed by atoms with van der Waals surface area (Å²) in [5.41, 5.74) is 0. The second kappa shape index (κ2) is 36.0. The van der Waals surface area contributed by atoms with Gasteiger partial charge in [-0.1, -0.05) is 200 Å². The normalized spacial score (nSPS) is 22.2. The average Bonchev–Trinajstić information content (AvgIpc) is 3.20. The molecule has 8 N–H and O–H groups in total. The SMILES string of the molecule is CCCCCCCCCCCCCCCCCCCCCCCCC(O)C(=O)NC(COC1OC(CO)C(O)C(O)C1O)C(O)C(O)CCCCCCCCC. The van der Waals surface area contributed by atoms with Crippen molar-refractivity contribution in [3.63, 3.8) is 0 Å². The van der Waals surface area contributed by atoms with E-state index in [-0.39, 0.29) is 6.42 Å². The first-order chi connectivity index (χ1) is 27.2. The van der Waals surface area contributed by atoms with E-state index in [4.69, 9.17) is 9.47 Å². The Bertz CT molecular complexity index is 882. The molecule has 0 aliphatic carbocycles. The lowest BCUT2D eigenvalue weighted by atomic mass is 9.98. The smallest absolute Gasteiger partial charge is 0.249 e. The van der Waals surface area contributed by atoms with Crippen LogP contribution in [0.4, 0.5) is 0 Å². The standard InChI is InChI=1S/C45H89NO10/c1-3-5-7-9-11-12-13-14-15-16-17-18-19-20-21-22-23-24-25-27-29-31-33-38(49)44(54)46-36(40(50)37(48)32-30-28-26-10-8-6-4-2)35-55-45-43(53)42(52)41(51)39(34-47)56-45/h36-43,45,47-53H,3-35H2,1-2H3,(H,46,54). The number of ether oxygens (including phenoxy) is 2. The molecule has 1 fully saturated rings. The maximum Gasteiger partial charge on any atom is 0.249 e. The highest BCUT2D eigenvalue weighted by molar-refractivity contribution is 5.80. The number of nitrogens with one attached hydrogen (secondary N) is 1. The summed E-state index contributed by atoms with van der Waals surface area (Å²) in [5, 5.41) is 75.3. The van der Waals surface area contributed by atoms with Gasteiger partial charge in [0, 0.05) is 0 Å². The molecule has 56 heavy (non-hydrogen) atoms. The van der Waals surface area contributed by atoms with E-state index in [1.165, 1.54) is 128 Å². The fourth-order valence-corrected chi connectivity index (χ4v) is 7.74. The van der Waals surface area contributed by atoms with E-state index in [1.807, 2.05) is 0 Å². The third-order valence-corrected chi connectivity index (χ3v) is 11.7. The topological polar surface area (TPSA) is 189 Å². The van der Waals surface area contributed by atoms with E-state index in [2.05, 4.69) is 19.2 Å². The summed E-state index contributed by atoms with van der Waals surface area (Å²) in [7, 11) is 0. The number of hydrogen-bond acceptors (Lipinski definition) is 10. The zero-order chi connectivity index (χ0) is 41.2. The molecule has 11 heteroatoms. The number of carbonyl (C=O) groups excluding carboxylic acids is 1. The Kier molecular flexibility index (Phi) is 34.2. The van der Waals surface area contributed by atoms with Crippen LogP contribution in [0, 0.1) is 0 Å². The Balaban J connectivity index is 2.30. The van der Waals surface area contributed by atoms with Crippen LogP contribution in [-0.4, -0.2) is 110 Å². The predicted molar refractivity (Wildman–Crippen MR) is 224 cm³/mol. The van der Waals surface area contributed by atoms with Crippen LogP contribution in [0.1, 0.15) is 213 Å². The Morgan fingerprint density at radius 2 is 0.929 bits per heavy atom. The summed E-state index contributed by atoms with van der Waals surface area (Å²) in [5.74, 6) is -0.696. The van der Waals surface area contributed by atoms with Gasteiger partial charge in [0.05, 0.1) is 25.4 Å². The number of hydrogen-bond donors (Lipinski definition) is 8. The minimum atomic E-state index is -1.65. The molecule has 1 saturated heterocycles. The van der Waals surface area contributed by atoms with Gasteiger partial charge in [0.25, 0.3) is 0 Å². The molecule has 1 heterocycles. The fraction of sp³-hybridized carbons (Fsp3) is 0.978. The minimum absolute atomic E-state index is 0.266. The van der Waals surface area contributed by atoms with E-state index >= 15 is 0 Å². The second-order valence-electron chi connectivity index (χ2n) is 16.8. The van der Waals surface area contributed by atoms with Crippen LogP contribution in [0.25, 0.3) is 0 Å². The Hall–Kier alpha value is -0.890. The van der Waals surface area contributed by atoms with E-state index in [0.29, 0.717) is 19.3 Å². The van der Waals surface area contributed by atoms with Gasteiger partial charge in [-0.25, -0.2) is 0 Å². The van der Waals surface area contributed by atoms with Crippen LogP contribution in [0.5, 0.6) is 0 Å². The molecular weight excluding hydrogens is 714 g/mol. The molecule has 0 saturated carbocycles. The third kappa shape index (κ3) is 25.6. The Morgan fingerprint density at radius 1 is 0.554 bits per heavy atom. The molecule has 0 aromatic heterocycles. The van der Waals surface area contributed by atoms with E-state index in [0.717, 1.165) is 44.9 Å². The number of aliphatic hydroxyl groups excluding tert-OH is 7. The van der Waals surface area contributed by atoms with Crippen LogP contribution >= 0.6 is 0 Å². The highest BCUT2D eigenvalue weighted by Crippen LogP contribution is 2.23. The molecule has 1 rings (SSSR count). The highest BCUT2D eigenvalue weighted by atomic mass is 16.7. The quantitative estimate of drug-likeness (QED) is 0.0289. The third-order valence-electron chi connectivity index (χ3n) is 11.7. The molecule has 1 amide bonds. The summed E-state index contributed by atoms with van der Waals surface area (Å²) in [6, 6.07) is -1.16. The zero-order valence-electron chi connectivity index (χ0n) is 35.9. The lowest BCUT2D eigenvalue weighted by Crippen LogP contribution is -2.60. The van der Waals surface area contributed by atoms with Crippen molar-refractivity contribution in [2.24, 2.45) is 0 Å². The molecule has 1 aliphatic rings.